The van der Waals surface area contributed by atoms with Crippen LogP contribution in [0.3, 0.4) is 0 Å². The van der Waals surface area contributed by atoms with E-state index in [0.29, 0.717) is 0 Å². The Bertz CT molecular complexity index is 151. The molecule has 0 atom stereocenters. The largest absolute Gasteiger partial charge is 0.503 e. The number of rotatable bonds is 0. The van der Waals surface area contributed by atoms with E-state index in [1.807, 2.05) is 0 Å². The lowest BCUT2D eigenvalue weighted by Crippen LogP contribution is -2.03. The van der Waals surface area contributed by atoms with Crippen LogP contribution in [-0.2, 0) is 0 Å². The fourth-order valence-electron chi connectivity index (χ4n) is 0.116. The molecule has 0 fully saturated rings. The third-order valence-electron chi connectivity index (χ3n) is 0.303. The van der Waals surface area contributed by atoms with E-state index in [2.05, 4.69) is 6.42 Å². The van der Waals surface area contributed by atoms with Crippen LogP contribution in [0.1, 0.15) is 6.42 Å². The van der Waals surface area contributed by atoms with E-state index in [1.54, 1.807) is 0 Å². The lowest BCUT2D eigenvalue weighted by atomic mass is 10.4. The van der Waals surface area contributed by atoms with Gasteiger partial charge >= 0.3 is 12.3 Å². The first kappa shape index (κ1) is 12.3. The second kappa shape index (κ2) is 5.41. The molecule has 0 heterocycles. The third kappa shape index (κ3) is 55.0. The van der Waals surface area contributed by atoms with Crippen LogP contribution < -0.4 is 0 Å². The van der Waals surface area contributed by atoms with Crippen LogP contribution >= 0.6 is 0 Å². The average Bonchev–Trinajstić information content (AvgIpc) is 1.58. The van der Waals surface area contributed by atoms with Gasteiger partial charge in [-0.3, -0.25) is 0 Å². The van der Waals surface area contributed by atoms with E-state index in [1.165, 1.54) is 5.92 Å². The van der Waals surface area contributed by atoms with E-state index in [9.17, 15) is 13.2 Å². The number of terminal acetylenes is 1. The molecular formula is C5H5F3O3. The normalized spacial score (nSPS) is 8.91. The van der Waals surface area contributed by atoms with E-state index < -0.39 is 18.8 Å². The topological polar surface area (TPSA) is 57.5 Å². The number of hydrogen-bond acceptors (Lipinski definition) is 1. The van der Waals surface area contributed by atoms with Crippen molar-refractivity contribution in [3.05, 3.63) is 0 Å². The number of alkyl halides is 3. The molecule has 0 saturated carbocycles. The Kier molecular flexibility index (Phi) is 6.05. The Labute approximate surface area is 60.5 Å². The molecule has 64 valence electrons. The summed E-state index contributed by atoms with van der Waals surface area (Å²) in [4.78, 5) is 8.56. The van der Waals surface area contributed by atoms with Crippen molar-refractivity contribution in [1.29, 1.82) is 0 Å². The standard InChI is InChI=1S/C4H3F3.CH2O3/c1-2-3-4(5,6)7;2-1(3)4/h1H,3H2;(H2,2,3,4). The summed E-state index contributed by atoms with van der Waals surface area (Å²) < 4.78 is 32.7. The molecule has 0 amide bonds. The molecule has 0 rings (SSSR count). The van der Waals surface area contributed by atoms with Gasteiger partial charge in [-0.05, 0) is 0 Å². The predicted molar refractivity (Wildman–Crippen MR) is 30.2 cm³/mol. The van der Waals surface area contributed by atoms with Crippen molar-refractivity contribution in [2.75, 3.05) is 0 Å². The number of carboxylic acid groups (broad SMARTS) is 2. The van der Waals surface area contributed by atoms with Crippen molar-refractivity contribution < 1.29 is 28.2 Å². The lowest BCUT2D eigenvalue weighted by molar-refractivity contribution is -0.123. The lowest BCUT2D eigenvalue weighted by Gasteiger charge is -1.96. The van der Waals surface area contributed by atoms with E-state index in [0.717, 1.165) is 0 Å². The molecule has 0 aromatic carbocycles. The van der Waals surface area contributed by atoms with E-state index in [4.69, 9.17) is 15.0 Å². The second-order valence-electron chi connectivity index (χ2n) is 1.28. The highest BCUT2D eigenvalue weighted by molar-refractivity contribution is 5.53. The van der Waals surface area contributed by atoms with Gasteiger partial charge in [0.15, 0.2) is 0 Å². The summed E-state index contributed by atoms with van der Waals surface area (Å²) in [6.07, 6.45) is -2.81. The molecule has 0 aromatic rings. The molecule has 0 aliphatic heterocycles. The highest BCUT2D eigenvalue weighted by Gasteiger charge is 2.24. The first-order valence-electron chi connectivity index (χ1n) is 2.21. The van der Waals surface area contributed by atoms with Gasteiger partial charge in [0.05, 0.1) is 0 Å². The Hall–Kier alpha value is -1.38. The van der Waals surface area contributed by atoms with Gasteiger partial charge < -0.3 is 10.2 Å². The van der Waals surface area contributed by atoms with Crippen LogP contribution in [0.25, 0.3) is 0 Å². The smallest absolute Gasteiger partial charge is 0.450 e. The minimum Gasteiger partial charge on any atom is -0.450 e. The summed E-state index contributed by atoms with van der Waals surface area (Å²) in [5, 5.41) is 13.9. The summed E-state index contributed by atoms with van der Waals surface area (Å²) in [7, 11) is 0. The SMILES string of the molecule is C#CCC(F)(F)F.O=C(O)O. The molecule has 6 heteroatoms. The molecule has 0 aliphatic carbocycles. The summed E-state index contributed by atoms with van der Waals surface area (Å²) in [6.45, 7) is 0. The minimum atomic E-state index is -4.19. The van der Waals surface area contributed by atoms with Crippen molar-refractivity contribution in [3.8, 4) is 12.3 Å². The van der Waals surface area contributed by atoms with Gasteiger partial charge in [0.1, 0.15) is 6.42 Å². The van der Waals surface area contributed by atoms with Gasteiger partial charge in [0, 0.05) is 0 Å². The van der Waals surface area contributed by atoms with Crippen LogP contribution in [0.15, 0.2) is 0 Å². The third-order valence-corrected chi connectivity index (χ3v) is 0.303. The summed E-state index contributed by atoms with van der Waals surface area (Å²) >= 11 is 0. The van der Waals surface area contributed by atoms with Gasteiger partial charge in [0.25, 0.3) is 0 Å². The second-order valence-corrected chi connectivity index (χ2v) is 1.28. The molecule has 0 radical (unpaired) electrons. The summed E-state index contributed by atoms with van der Waals surface area (Å²) in [5.74, 6) is 1.48. The van der Waals surface area contributed by atoms with Crippen molar-refractivity contribution in [2.24, 2.45) is 0 Å². The average molecular weight is 170 g/mol. The zero-order valence-electron chi connectivity index (χ0n) is 5.22. The van der Waals surface area contributed by atoms with Crippen LogP contribution in [0.2, 0.25) is 0 Å². The van der Waals surface area contributed by atoms with E-state index >= 15 is 0 Å². The van der Waals surface area contributed by atoms with Crippen molar-refractivity contribution >= 4 is 6.16 Å². The quantitative estimate of drug-likeness (QED) is 0.545. The highest BCUT2D eigenvalue weighted by atomic mass is 19.4. The Morgan fingerprint density at radius 3 is 1.73 bits per heavy atom. The zero-order valence-corrected chi connectivity index (χ0v) is 5.22. The highest BCUT2D eigenvalue weighted by Crippen LogP contribution is 2.17. The molecule has 0 bridgehead atoms. The summed E-state index contributed by atoms with van der Waals surface area (Å²) in [5.41, 5.74) is 0. The fraction of sp³-hybridized carbons (Fsp3) is 0.400. The molecular weight excluding hydrogens is 165 g/mol. The Morgan fingerprint density at radius 2 is 1.73 bits per heavy atom. The van der Waals surface area contributed by atoms with Crippen LogP contribution in [0, 0.1) is 12.3 Å². The molecule has 2 N–H and O–H groups in total. The number of carbonyl (C=O) groups is 1. The van der Waals surface area contributed by atoms with Gasteiger partial charge in [-0.2, -0.15) is 13.2 Å². The Morgan fingerprint density at radius 1 is 1.45 bits per heavy atom. The molecule has 3 nitrogen and oxygen atoms in total. The van der Waals surface area contributed by atoms with Crippen LogP contribution in [-0.4, -0.2) is 22.5 Å². The summed E-state index contributed by atoms with van der Waals surface area (Å²) in [6, 6.07) is 0. The monoisotopic (exact) mass is 170 g/mol. The van der Waals surface area contributed by atoms with Gasteiger partial charge in [-0.15, -0.1) is 6.42 Å². The van der Waals surface area contributed by atoms with Gasteiger partial charge in [0.2, 0.25) is 0 Å². The van der Waals surface area contributed by atoms with Crippen molar-refractivity contribution in [3.63, 3.8) is 0 Å². The molecule has 0 saturated heterocycles. The Balaban J connectivity index is 0. The zero-order chi connectivity index (χ0) is 9.49. The predicted octanol–water partition coefficient (Wildman–Crippen LogP) is 1.79. The van der Waals surface area contributed by atoms with Crippen molar-refractivity contribution in [2.45, 2.75) is 12.6 Å². The number of halogens is 3. The first-order chi connectivity index (χ1) is 4.79. The minimum absolute atomic E-state index is 1.13. The maximum Gasteiger partial charge on any atom is 0.503 e. The maximum absolute atomic E-state index is 10.9. The first-order valence-corrected chi connectivity index (χ1v) is 2.21. The maximum atomic E-state index is 10.9. The van der Waals surface area contributed by atoms with Crippen molar-refractivity contribution in [1.82, 2.24) is 0 Å². The molecule has 11 heavy (non-hydrogen) atoms. The van der Waals surface area contributed by atoms with Gasteiger partial charge in [-0.25, -0.2) is 4.79 Å². The molecule has 0 aromatic heterocycles. The molecule has 0 aliphatic rings. The van der Waals surface area contributed by atoms with Crippen LogP contribution in [0.4, 0.5) is 18.0 Å². The van der Waals surface area contributed by atoms with Gasteiger partial charge in [-0.1, -0.05) is 5.92 Å². The number of hydrogen-bond donors (Lipinski definition) is 2. The fourth-order valence-corrected chi connectivity index (χ4v) is 0.116. The molecule has 0 unspecified atom stereocenters. The van der Waals surface area contributed by atoms with Crippen LogP contribution in [0.5, 0.6) is 0 Å². The van der Waals surface area contributed by atoms with E-state index in [-0.39, 0.29) is 0 Å². The molecule has 0 spiro atoms.